The van der Waals surface area contributed by atoms with E-state index in [1.165, 1.54) is 70.6 Å². The molecule has 0 spiro atoms. The van der Waals surface area contributed by atoms with Crippen LogP contribution < -0.4 is 0 Å². The van der Waals surface area contributed by atoms with Gasteiger partial charge < -0.3 is 14.6 Å². The number of hydrogen-bond donors (Lipinski definition) is 1. The first-order valence-electron chi connectivity index (χ1n) is 10.2. The molecule has 0 aromatic carbocycles. The number of unbranched alkanes of at least 4 members (excludes halogenated alkanes) is 6. The van der Waals surface area contributed by atoms with Gasteiger partial charge in [0.2, 0.25) is 0 Å². The fourth-order valence-corrected chi connectivity index (χ4v) is 3.79. The van der Waals surface area contributed by atoms with Gasteiger partial charge in [0.1, 0.15) is 0 Å². The second-order valence-corrected chi connectivity index (χ2v) is 7.27. The number of nitrogens with zero attached hydrogens (tertiary/aromatic N) is 1. The molecular weight excluding hydrogens is 302 g/mol. The lowest BCUT2D eigenvalue weighted by Crippen LogP contribution is -2.46. The highest BCUT2D eigenvalue weighted by Crippen LogP contribution is 2.24. The van der Waals surface area contributed by atoms with Crippen molar-refractivity contribution >= 4 is 0 Å². The molecule has 4 heteroatoms. The van der Waals surface area contributed by atoms with Crippen LogP contribution in [0.25, 0.3) is 0 Å². The average Bonchev–Trinajstić information content (AvgIpc) is 2.60. The summed E-state index contributed by atoms with van der Waals surface area (Å²) in [6, 6.07) is 0.400. The van der Waals surface area contributed by atoms with E-state index in [0.717, 1.165) is 32.7 Å². The molecule has 4 nitrogen and oxygen atoms in total. The van der Waals surface area contributed by atoms with Gasteiger partial charge in [-0.3, -0.25) is 4.90 Å². The standard InChI is InChI=1S/C20H41NO3/c1-23-17-11-5-3-9-15-21(16-10-4-6-12-18-24-2)19-13-7-8-14-20(19)22/h19-20,22H,3-18H2,1-2H3. The molecule has 0 saturated heterocycles. The summed E-state index contributed by atoms with van der Waals surface area (Å²) in [7, 11) is 3.55. The average molecular weight is 344 g/mol. The number of methoxy groups -OCH3 is 2. The summed E-state index contributed by atoms with van der Waals surface area (Å²) in [5.74, 6) is 0. The van der Waals surface area contributed by atoms with Gasteiger partial charge in [-0.05, 0) is 51.6 Å². The smallest absolute Gasteiger partial charge is 0.0695 e. The van der Waals surface area contributed by atoms with Crippen LogP contribution in [-0.2, 0) is 9.47 Å². The Hall–Kier alpha value is -0.160. The van der Waals surface area contributed by atoms with E-state index >= 15 is 0 Å². The molecular formula is C20H41NO3. The van der Waals surface area contributed by atoms with Crippen molar-refractivity contribution in [1.82, 2.24) is 4.90 Å². The number of aliphatic hydroxyl groups is 1. The molecule has 1 rings (SSSR count). The predicted molar refractivity (Wildman–Crippen MR) is 101 cm³/mol. The molecule has 0 aromatic rings. The molecule has 0 aromatic heterocycles. The van der Waals surface area contributed by atoms with Crippen LogP contribution in [0.2, 0.25) is 0 Å². The quantitative estimate of drug-likeness (QED) is 0.456. The van der Waals surface area contributed by atoms with Crippen molar-refractivity contribution in [2.75, 3.05) is 40.5 Å². The summed E-state index contributed by atoms with van der Waals surface area (Å²) in [6.45, 7) is 4.05. The molecule has 1 saturated carbocycles. The number of rotatable bonds is 15. The minimum atomic E-state index is -0.110. The zero-order valence-electron chi connectivity index (χ0n) is 16.2. The van der Waals surface area contributed by atoms with Crippen LogP contribution >= 0.6 is 0 Å². The SMILES string of the molecule is COCCCCCCN(CCCCCCOC)C1CCCCC1O. The van der Waals surface area contributed by atoms with Gasteiger partial charge in [0.25, 0.3) is 0 Å². The summed E-state index contributed by atoms with van der Waals surface area (Å²) in [6.07, 6.45) is 14.4. The Labute approximate surface area is 149 Å². The van der Waals surface area contributed by atoms with Crippen LogP contribution in [0.1, 0.15) is 77.0 Å². The van der Waals surface area contributed by atoms with Crippen LogP contribution in [-0.4, -0.2) is 62.7 Å². The normalized spacial score (nSPS) is 21.5. The highest BCUT2D eigenvalue weighted by molar-refractivity contribution is 4.83. The van der Waals surface area contributed by atoms with Crippen molar-refractivity contribution in [3.8, 4) is 0 Å². The van der Waals surface area contributed by atoms with E-state index in [1.807, 2.05) is 0 Å². The molecule has 1 fully saturated rings. The highest BCUT2D eigenvalue weighted by atomic mass is 16.5. The Morgan fingerprint density at radius 1 is 0.750 bits per heavy atom. The largest absolute Gasteiger partial charge is 0.391 e. The maximum atomic E-state index is 10.4. The van der Waals surface area contributed by atoms with Gasteiger partial charge in [0, 0.05) is 33.5 Å². The molecule has 0 heterocycles. The van der Waals surface area contributed by atoms with E-state index in [9.17, 15) is 5.11 Å². The molecule has 0 bridgehead atoms. The maximum absolute atomic E-state index is 10.4. The first kappa shape index (κ1) is 21.9. The Morgan fingerprint density at radius 3 is 1.75 bits per heavy atom. The van der Waals surface area contributed by atoms with Crippen molar-refractivity contribution in [2.24, 2.45) is 0 Å². The van der Waals surface area contributed by atoms with Crippen LogP contribution in [0.5, 0.6) is 0 Å². The predicted octanol–water partition coefficient (Wildman–Crippen LogP) is 4.01. The monoisotopic (exact) mass is 343 g/mol. The first-order chi connectivity index (χ1) is 11.8. The lowest BCUT2D eigenvalue weighted by atomic mass is 9.91. The summed E-state index contributed by atoms with van der Waals surface area (Å²) in [5, 5.41) is 10.4. The third-order valence-electron chi connectivity index (χ3n) is 5.25. The van der Waals surface area contributed by atoms with E-state index in [-0.39, 0.29) is 6.10 Å². The van der Waals surface area contributed by atoms with Gasteiger partial charge in [-0.1, -0.05) is 38.5 Å². The van der Waals surface area contributed by atoms with Crippen LogP contribution in [0.3, 0.4) is 0 Å². The Bertz CT molecular complexity index is 260. The number of ether oxygens (including phenoxy) is 2. The molecule has 1 aliphatic rings. The molecule has 24 heavy (non-hydrogen) atoms. The van der Waals surface area contributed by atoms with Gasteiger partial charge in [0.05, 0.1) is 6.10 Å². The second-order valence-electron chi connectivity index (χ2n) is 7.27. The highest BCUT2D eigenvalue weighted by Gasteiger charge is 2.27. The summed E-state index contributed by atoms with van der Waals surface area (Å²) in [4.78, 5) is 2.59. The molecule has 0 amide bonds. The van der Waals surface area contributed by atoms with Crippen LogP contribution in [0.15, 0.2) is 0 Å². The molecule has 1 N–H and O–H groups in total. The molecule has 2 unspecified atom stereocenters. The Morgan fingerprint density at radius 2 is 1.25 bits per heavy atom. The first-order valence-corrected chi connectivity index (χ1v) is 10.2. The number of aliphatic hydroxyl groups excluding tert-OH is 1. The van der Waals surface area contributed by atoms with Crippen molar-refractivity contribution in [3.63, 3.8) is 0 Å². The molecule has 0 aliphatic heterocycles. The minimum absolute atomic E-state index is 0.110. The topological polar surface area (TPSA) is 41.9 Å². The molecule has 144 valence electrons. The second kappa shape index (κ2) is 15.1. The fourth-order valence-electron chi connectivity index (χ4n) is 3.79. The lowest BCUT2D eigenvalue weighted by Gasteiger charge is -2.38. The molecule has 1 aliphatic carbocycles. The Balaban J connectivity index is 2.27. The summed E-state index contributed by atoms with van der Waals surface area (Å²) in [5.41, 5.74) is 0. The Kier molecular flexibility index (Phi) is 13.8. The van der Waals surface area contributed by atoms with Gasteiger partial charge in [-0.25, -0.2) is 0 Å². The summed E-state index contributed by atoms with van der Waals surface area (Å²) >= 11 is 0. The van der Waals surface area contributed by atoms with E-state index in [0.29, 0.717) is 6.04 Å². The van der Waals surface area contributed by atoms with E-state index in [2.05, 4.69) is 4.90 Å². The zero-order valence-corrected chi connectivity index (χ0v) is 16.2. The van der Waals surface area contributed by atoms with E-state index in [4.69, 9.17) is 9.47 Å². The van der Waals surface area contributed by atoms with Crippen molar-refractivity contribution in [3.05, 3.63) is 0 Å². The van der Waals surface area contributed by atoms with Crippen molar-refractivity contribution in [2.45, 2.75) is 89.2 Å². The molecule has 0 radical (unpaired) electrons. The van der Waals surface area contributed by atoms with Crippen molar-refractivity contribution < 1.29 is 14.6 Å². The van der Waals surface area contributed by atoms with E-state index in [1.54, 1.807) is 14.2 Å². The number of hydrogen-bond acceptors (Lipinski definition) is 4. The van der Waals surface area contributed by atoms with Gasteiger partial charge in [0.15, 0.2) is 0 Å². The lowest BCUT2D eigenvalue weighted by molar-refractivity contribution is 0.0179. The summed E-state index contributed by atoms with van der Waals surface area (Å²) < 4.78 is 10.2. The third-order valence-corrected chi connectivity index (χ3v) is 5.25. The third kappa shape index (κ3) is 9.97. The van der Waals surface area contributed by atoms with Gasteiger partial charge >= 0.3 is 0 Å². The van der Waals surface area contributed by atoms with Gasteiger partial charge in [-0.15, -0.1) is 0 Å². The van der Waals surface area contributed by atoms with Gasteiger partial charge in [-0.2, -0.15) is 0 Å². The van der Waals surface area contributed by atoms with Crippen LogP contribution in [0, 0.1) is 0 Å². The zero-order chi connectivity index (χ0) is 17.5. The molecule has 2 atom stereocenters. The van der Waals surface area contributed by atoms with E-state index < -0.39 is 0 Å². The minimum Gasteiger partial charge on any atom is -0.391 e. The van der Waals surface area contributed by atoms with Crippen molar-refractivity contribution in [1.29, 1.82) is 0 Å². The fraction of sp³-hybridized carbons (Fsp3) is 1.00. The van der Waals surface area contributed by atoms with Crippen LogP contribution in [0.4, 0.5) is 0 Å². The maximum Gasteiger partial charge on any atom is 0.0695 e.